The van der Waals surface area contributed by atoms with Crippen LogP contribution in [0.5, 0.6) is 5.75 Å². The van der Waals surface area contributed by atoms with Gasteiger partial charge in [-0.25, -0.2) is 18.7 Å². The van der Waals surface area contributed by atoms with Gasteiger partial charge in [-0.1, -0.05) is 13.3 Å². The molecule has 2 aromatic rings. The van der Waals surface area contributed by atoms with Crippen molar-refractivity contribution >= 4 is 0 Å². The molecule has 134 valence electrons. The summed E-state index contributed by atoms with van der Waals surface area (Å²) in [5, 5.41) is 0. The highest BCUT2D eigenvalue weighted by Gasteiger charge is 2.33. The van der Waals surface area contributed by atoms with Crippen LogP contribution in [0.4, 0.5) is 26.3 Å². The zero-order chi connectivity index (χ0) is 18.6. The minimum atomic E-state index is -4.57. The number of aromatic nitrogens is 2. The number of halogens is 6. The molecule has 0 fully saturated rings. The van der Waals surface area contributed by atoms with Crippen LogP contribution in [-0.4, -0.2) is 16.1 Å². The van der Waals surface area contributed by atoms with Gasteiger partial charge in [-0.2, -0.15) is 17.6 Å². The number of nitrogens with zero attached hydrogens (tertiary/aromatic N) is 2. The normalized spacial score (nSPS) is 11.3. The first-order valence-corrected chi connectivity index (χ1v) is 7.13. The van der Waals surface area contributed by atoms with E-state index in [4.69, 9.17) is 0 Å². The van der Waals surface area contributed by atoms with Gasteiger partial charge in [0.25, 0.3) is 6.08 Å². The van der Waals surface area contributed by atoms with Crippen molar-refractivity contribution in [2.45, 2.75) is 25.9 Å². The minimum absolute atomic E-state index is 0.0225. The number of hydrogen-bond acceptors (Lipinski definition) is 3. The smallest absolute Gasteiger partial charge is 0.423 e. The Morgan fingerprint density at radius 2 is 1.68 bits per heavy atom. The summed E-state index contributed by atoms with van der Waals surface area (Å²) in [5.41, 5.74) is 0.716. The highest BCUT2D eigenvalue weighted by molar-refractivity contribution is 5.57. The van der Waals surface area contributed by atoms with Crippen molar-refractivity contribution in [2.75, 3.05) is 0 Å². The van der Waals surface area contributed by atoms with Crippen molar-refractivity contribution in [3.63, 3.8) is 0 Å². The monoisotopic (exact) mass is 362 g/mol. The summed E-state index contributed by atoms with van der Waals surface area (Å²) in [7, 11) is 0. The Bertz CT molecular complexity index is 750. The number of rotatable bonds is 6. The Balaban J connectivity index is 2.32. The molecule has 1 heterocycles. The van der Waals surface area contributed by atoms with Crippen molar-refractivity contribution in [2.24, 2.45) is 0 Å². The van der Waals surface area contributed by atoms with Gasteiger partial charge in [0.2, 0.25) is 0 Å². The van der Waals surface area contributed by atoms with Gasteiger partial charge in [0.05, 0.1) is 6.08 Å². The number of hydrogen-bond donors (Lipinski definition) is 0. The first kappa shape index (κ1) is 18.8. The largest absolute Gasteiger partial charge is 0.425 e. The molecule has 0 radical (unpaired) electrons. The molecule has 9 heteroatoms. The Kier molecular flexibility index (Phi) is 5.66. The minimum Gasteiger partial charge on any atom is -0.423 e. The molecule has 25 heavy (non-hydrogen) atoms. The Morgan fingerprint density at radius 1 is 1.12 bits per heavy atom. The van der Waals surface area contributed by atoms with Crippen LogP contribution in [0, 0.1) is 11.6 Å². The zero-order valence-corrected chi connectivity index (χ0v) is 12.9. The second kappa shape index (κ2) is 7.54. The van der Waals surface area contributed by atoms with Crippen molar-refractivity contribution in [1.29, 1.82) is 0 Å². The molecule has 0 aliphatic heterocycles. The predicted molar refractivity (Wildman–Crippen MR) is 77.3 cm³/mol. The molecule has 0 aliphatic rings. The van der Waals surface area contributed by atoms with Crippen molar-refractivity contribution in [3.05, 3.63) is 53.9 Å². The molecule has 1 aromatic carbocycles. The van der Waals surface area contributed by atoms with E-state index in [2.05, 4.69) is 14.7 Å². The third-order valence-electron chi connectivity index (χ3n) is 3.02. The fourth-order valence-corrected chi connectivity index (χ4v) is 2.00. The van der Waals surface area contributed by atoms with Crippen LogP contribution < -0.4 is 4.74 Å². The molecule has 0 bridgehead atoms. The number of ether oxygens (including phenoxy) is 1. The lowest BCUT2D eigenvalue weighted by molar-refractivity contribution is -0.137. The van der Waals surface area contributed by atoms with Crippen LogP contribution in [0.15, 0.2) is 36.7 Å². The van der Waals surface area contributed by atoms with Crippen molar-refractivity contribution < 1.29 is 31.1 Å². The van der Waals surface area contributed by atoms with Gasteiger partial charge < -0.3 is 4.74 Å². The summed E-state index contributed by atoms with van der Waals surface area (Å²) in [6.45, 7) is 1.96. The van der Waals surface area contributed by atoms with Crippen LogP contribution in [0.3, 0.4) is 0 Å². The predicted octanol–water partition coefficient (Wildman–Crippen LogP) is 5.13. The van der Waals surface area contributed by atoms with Crippen LogP contribution in [0.2, 0.25) is 0 Å². The number of alkyl halides is 2. The molecular formula is C16H12F6N2O. The summed E-state index contributed by atoms with van der Waals surface area (Å²) in [6, 6.07) is 1.36. The molecule has 2 rings (SSSR count). The molecule has 0 amide bonds. The molecule has 0 unspecified atom stereocenters. The van der Waals surface area contributed by atoms with E-state index in [1.807, 2.05) is 6.92 Å². The lowest BCUT2D eigenvalue weighted by Gasteiger charge is -2.15. The zero-order valence-electron chi connectivity index (χ0n) is 12.9. The van der Waals surface area contributed by atoms with Crippen LogP contribution in [0.1, 0.15) is 18.9 Å². The van der Waals surface area contributed by atoms with Gasteiger partial charge >= 0.3 is 6.11 Å². The van der Waals surface area contributed by atoms with E-state index in [0.717, 1.165) is 18.4 Å². The fourth-order valence-electron chi connectivity index (χ4n) is 2.00. The van der Waals surface area contributed by atoms with E-state index in [9.17, 15) is 26.3 Å². The summed E-state index contributed by atoms with van der Waals surface area (Å²) in [4.78, 5) is 7.90. The third kappa shape index (κ3) is 4.94. The van der Waals surface area contributed by atoms with Gasteiger partial charge in [0.15, 0.2) is 23.2 Å². The van der Waals surface area contributed by atoms with E-state index in [-0.39, 0.29) is 11.4 Å². The maximum absolute atomic E-state index is 13.9. The van der Waals surface area contributed by atoms with Gasteiger partial charge in [0.1, 0.15) is 0 Å². The maximum atomic E-state index is 13.9. The highest BCUT2D eigenvalue weighted by Crippen LogP contribution is 2.32. The molecule has 0 saturated heterocycles. The molecule has 0 atom stereocenters. The molecular weight excluding hydrogens is 350 g/mol. The van der Waals surface area contributed by atoms with Gasteiger partial charge in [-0.15, -0.1) is 0 Å². The second-order valence-electron chi connectivity index (χ2n) is 5.03. The van der Waals surface area contributed by atoms with E-state index in [1.54, 1.807) is 0 Å². The van der Waals surface area contributed by atoms with E-state index < -0.39 is 35.6 Å². The van der Waals surface area contributed by atoms with Crippen LogP contribution >= 0.6 is 0 Å². The average Bonchev–Trinajstić information content (AvgIpc) is 2.50. The summed E-state index contributed by atoms with van der Waals surface area (Å²) in [6.07, 6.45) is -3.62. The van der Waals surface area contributed by atoms with Crippen molar-refractivity contribution in [1.82, 2.24) is 9.97 Å². The first-order chi connectivity index (χ1) is 11.7. The van der Waals surface area contributed by atoms with Crippen LogP contribution in [0.25, 0.3) is 11.4 Å². The lowest BCUT2D eigenvalue weighted by atomic mass is 10.1. The summed E-state index contributed by atoms with van der Waals surface area (Å²) < 4.78 is 81.6. The average molecular weight is 362 g/mol. The third-order valence-corrected chi connectivity index (χ3v) is 3.02. The lowest BCUT2D eigenvalue weighted by Crippen LogP contribution is -2.23. The number of benzene rings is 1. The molecule has 3 nitrogen and oxygen atoms in total. The van der Waals surface area contributed by atoms with Crippen LogP contribution in [-0.2, 0) is 6.42 Å². The van der Waals surface area contributed by atoms with Gasteiger partial charge in [-0.3, -0.25) is 0 Å². The van der Waals surface area contributed by atoms with Gasteiger partial charge in [-0.05, 0) is 24.1 Å². The topological polar surface area (TPSA) is 35.0 Å². The van der Waals surface area contributed by atoms with E-state index in [1.165, 1.54) is 12.4 Å². The second-order valence-corrected chi connectivity index (χ2v) is 5.03. The maximum Gasteiger partial charge on any atom is 0.425 e. The first-order valence-electron chi connectivity index (χ1n) is 7.13. The molecule has 0 aliphatic carbocycles. The molecule has 1 aromatic heterocycles. The Labute approximate surface area is 139 Å². The standard InChI is InChI=1S/C16H12F6N2O/c1-2-3-9-7-23-15(24-8-9)10-4-11(17)14(12(18)5-10)25-16(21,22)6-13(19)20/h4-8H,2-3H2,1H3. The fraction of sp³-hybridized carbons (Fsp3) is 0.250. The van der Waals surface area contributed by atoms with Crippen molar-refractivity contribution in [3.8, 4) is 17.1 Å². The highest BCUT2D eigenvalue weighted by atomic mass is 19.3. The number of aryl methyl sites for hydroxylation is 1. The molecule has 0 spiro atoms. The molecule has 0 saturated carbocycles. The Hall–Kier alpha value is -2.58. The SMILES string of the molecule is CCCc1cnc(-c2cc(F)c(OC(F)(F)C=C(F)F)c(F)c2)nc1. The molecule has 0 N–H and O–H groups in total. The summed E-state index contributed by atoms with van der Waals surface area (Å²) >= 11 is 0. The van der Waals surface area contributed by atoms with E-state index >= 15 is 0 Å². The quantitative estimate of drug-likeness (QED) is 0.669. The summed E-state index contributed by atoms with van der Waals surface area (Å²) in [5.74, 6) is -4.49. The van der Waals surface area contributed by atoms with Gasteiger partial charge in [0, 0.05) is 18.0 Å². The van der Waals surface area contributed by atoms with E-state index in [0.29, 0.717) is 12.1 Å². The Morgan fingerprint density at radius 3 is 2.16 bits per heavy atom.